The van der Waals surface area contributed by atoms with Gasteiger partial charge < -0.3 is 10.1 Å². The van der Waals surface area contributed by atoms with Gasteiger partial charge in [-0.25, -0.2) is 0 Å². The van der Waals surface area contributed by atoms with E-state index in [9.17, 15) is 0 Å². The Bertz CT molecular complexity index is 309. The number of nitrogens with zero attached hydrogens (tertiary/aromatic N) is 1. The minimum Gasteiger partial charge on any atom is -0.377 e. The maximum atomic E-state index is 5.62. The first-order valence-corrected chi connectivity index (χ1v) is 6.38. The predicted octanol–water partition coefficient (Wildman–Crippen LogP) is 2.20. The van der Waals surface area contributed by atoms with Crippen molar-refractivity contribution in [3.05, 3.63) is 29.6 Å². The van der Waals surface area contributed by atoms with Gasteiger partial charge in [-0.3, -0.25) is 4.98 Å². The first-order chi connectivity index (χ1) is 8.15. The minimum absolute atomic E-state index is 0.279. The maximum Gasteiger partial charge on any atom is 0.0626 e. The van der Waals surface area contributed by atoms with Crippen LogP contribution < -0.4 is 5.32 Å². The Hall–Kier alpha value is -0.930. The van der Waals surface area contributed by atoms with Crippen molar-refractivity contribution in [2.24, 2.45) is 0 Å². The monoisotopic (exact) mass is 236 g/mol. The van der Waals surface area contributed by atoms with Crippen LogP contribution in [0, 0.1) is 0 Å². The van der Waals surface area contributed by atoms with Crippen molar-refractivity contribution in [1.82, 2.24) is 10.3 Å². The predicted molar refractivity (Wildman–Crippen MR) is 71.3 cm³/mol. The molecule has 1 rings (SSSR count). The molecule has 0 aliphatic carbocycles. The standard InChI is InChI=1S/C14H24N2O/c1-5-12-6-7-13(16-9-12)8-14(15-4)10-17-11(2)3/h6-7,9,11,14-15H,5,8,10H2,1-4H3. The molecule has 0 aliphatic rings. The van der Waals surface area contributed by atoms with Crippen LogP contribution in [0.5, 0.6) is 0 Å². The Morgan fingerprint density at radius 3 is 2.59 bits per heavy atom. The average Bonchev–Trinajstić information content (AvgIpc) is 2.35. The summed E-state index contributed by atoms with van der Waals surface area (Å²) in [6.07, 6.45) is 4.19. The fourth-order valence-corrected chi connectivity index (χ4v) is 1.59. The van der Waals surface area contributed by atoms with Gasteiger partial charge in [0.05, 0.1) is 12.7 Å². The number of aromatic nitrogens is 1. The Balaban J connectivity index is 2.48. The van der Waals surface area contributed by atoms with E-state index >= 15 is 0 Å². The Morgan fingerprint density at radius 1 is 1.35 bits per heavy atom. The van der Waals surface area contributed by atoms with Crippen molar-refractivity contribution in [1.29, 1.82) is 0 Å². The zero-order valence-electron chi connectivity index (χ0n) is 11.4. The van der Waals surface area contributed by atoms with E-state index in [1.807, 2.05) is 13.2 Å². The number of pyridine rings is 1. The lowest BCUT2D eigenvalue weighted by Gasteiger charge is -2.17. The minimum atomic E-state index is 0.279. The van der Waals surface area contributed by atoms with Gasteiger partial charge in [0.15, 0.2) is 0 Å². The molecule has 0 saturated heterocycles. The molecule has 0 radical (unpaired) electrons. The van der Waals surface area contributed by atoms with Gasteiger partial charge in [-0.1, -0.05) is 13.0 Å². The van der Waals surface area contributed by atoms with Gasteiger partial charge in [-0.05, 0) is 38.9 Å². The quantitative estimate of drug-likeness (QED) is 0.788. The molecule has 0 amide bonds. The summed E-state index contributed by atoms with van der Waals surface area (Å²) in [7, 11) is 1.97. The van der Waals surface area contributed by atoms with Gasteiger partial charge in [-0.15, -0.1) is 0 Å². The number of hydrogen-bond acceptors (Lipinski definition) is 3. The molecule has 3 nitrogen and oxygen atoms in total. The average molecular weight is 236 g/mol. The third-order valence-corrected chi connectivity index (χ3v) is 2.79. The molecule has 1 heterocycles. The van der Waals surface area contributed by atoms with E-state index in [-0.39, 0.29) is 6.10 Å². The van der Waals surface area contributed by atoms with E-state index in [0.717, 1.165) is 25.1 Å². The van der Waals surface area contributed by atoms with Gasteiger partial charge in [0.25, 0.3) is 0 Å². The van der Waals surface area contributed by atoms with Crippen LogP contribution in [-0.4, -0.2) is 30.8 Å². The number of nitrogens with one attached hydrogen (secondary N) is 1. The van der Waals surface area contributed by atoms with Crippen LogP contribution in [-0.2, 0) is 17.6 Å². The van der Waals surface area contributed by atoms with Crippen molar-refractivity contribution in [3.63, 3.8) is 0 Å². The lowest BCUT2D eigenvalue weighted by molar-refractivity contribution is 0.0626. The highest BCUT2D eigenvalue weighted by Gasteiger charge is 2.09. The summed E-state index contributed by atoms with van der Waals surface area (Å²) in [5, 5.41) is 3.27. The zero-order chi connectivity index (χ0) is 12.7. The van der Waals surface area contributed by atoms with E-state index in [1.54, 1.807) is 0 Å². The van der Waals surface area contributed by atoms with Crippen LogP contribution in [0.4, 0.5) is 0 Å². The van der Waals surface area contributed by atoms with E-state index < -0.39 is 0 Å². The van der Waals surface area contributed by atoms with Crippen LogP contribution in [0.15, 0.2) is 18.3 Å². The summed E-state index contributed by atoms with van der Waals surface area (Å²) >= 11 is 0. The molecular formula is C14H24N2O. The molecule has 1 N–H and O–H groups in total. The molecule has 0 aromatic carbocycles. The first kappa shape index (κ1) is 14.1. The molecule has 0 bridgehead atoms. The molecule has 1 unspecified atom stereocenters. The highest BCUT2D eigenvalue weighted by Crippen LogP contribution is 2.04. The summed E-state index contributed by atoms with van der Waals surface area (Å²) in [5.41, 5.74) is 2.40. The van der Waals surface area contributed by atoms with E-state index in [0.29, 0.717) is 6.04 Å². The van der Waals surface area contributed by atoms with Crippen molar-refractivity contribution in [2.75, 3.05) is 13.7 Å². The van der Waals surface area contributed by atoms with Gasteiger partial charge >= 0.3 is 0 Å². The van der Waals surface area contributed by atoms with Gasteiger partial charge in [-0.2, -0.15) is 0 Å². The smallest absolute Gasteiger partial charge is 0.0626 e. The van der Waals surface area contributed by atoms with Crippen molar-refractivity contribution < 1.29 is 4.74 Å². The fraction of sp³-hybridized carbons (Fsp3) is 0.643. The molecule has 0 aliphatic heterocycles. The van der Waals surface area contributed by atoms with Crippen LogP contribution in [0.2, 0.25) is 0 Å². The van der Waals surface area contributed by atoms with Crippen LogP contribution in [0.25, 0.3) is 0 Å². The molecule has 3 heteroatoms. The number of rotatable bonds is 7. The first-order valence-electron chi connectivity index (χ1n) is 6.38. The number of likely N-dealkylation sites (N-methyl/N-ethyl adjacent to an activating group) is 1. The van der Waals surface area contributed by atoms with Crippen LogP contribution in [0.3, 0.4) is 0 Å². The normalized spacial score (nSPS) is 13.0. The molecule has 1 aromatic rings. The number of hydrogen-bond donors (Lipinski definition) is 1. The third kappa shape index (κ3) is 5.29. The second-order valence-corrected chi connectivity index (χ2v) is 4.58. The van der Waals surface area contributed by atoms with E-state index in [2.05, 4.69) is 43.2 Å². The SMILES string of the molecule is CCc1ccc(CC(COC(C)C)NC)nc1. The zero-order valence-corrected chi connectivity index (χ0v) is 11.4. The lowest BCUT2D eigenvalue weighted by atomic mass is 10.1. The summed E-state index contributed by atoms with van der Waals surface area (Å²) in [6.45, 7) is 6.98. The molecule has 96 valence electrons. The van der Waals surface area contributed by atoms with Gasteiger partial charge in [0.2, 0.25) is 0 Å². The lowest BCUT2D eigenvalue weighted by Crippen LogP contribution is -2.33. The molecule has 0 fully saturated rings. The maximum absolute atomic E-state index is 5.62. The topological polar surface area (TPSA) is 34.1 Å². The molecular weight excluding hydrogens is 212 g/mol. The summed E-state index contributed by atoms with van der Waals surface area (Å²) in [4.78, 5) is 4.47. The highest BCUT2D eigenvalue weighted by atomic mass is 16.5. The molecule has 1 aromatic heterocycles. The summed E-state index contributed by atoms with van der Waals surface area (Å²) in [5.74, 6) is 0. The Labute approximate surface area is 105 Å². The van der Waals surface area contributed by atoms with Crippen molar-refractivity contribution >= 4 is 0 Å². The largest absolute Gasteiger partial charge is 0.377 e. The molecule has 17 heavy (non-hydrogen) atoms. The molecule has 0 saturated carbocycles. The van der Waals surface area contributed by atoms with Crippen LogP contribution >= 0.6 is 0 Å². The summed E-state index contributed by atoms with van der Waals surface area (Å²) < 4.78 is 5.62. The second-order valence-electron chi connectivity index (χ2n) is 4.58. The van der Waals surface area contributed by atoms with E-state index in [1.165, 1.54) is 5.56 Å². The van der Waals surface area contributed by atoms with Crippen LogP contribution in [0.1, 0.15) is 32.0 Å². The fourth-order valence-electron chi connectivity index (χ4n) is 1.59. The number of aryl methyl sites for hydroxylation is 1. The number of ether oxygens (including phenoxy) is 1. The van der Waals surface area contributed by atoms with Crippen molar-refractivity contribution in [3.8, 4) is 0 Å². The summed E-state index contributed by atoms with van der Waals surface area (Å²) in [6, 6.07) is 4.59. The second kappa shape index (κ2) is 7.41. The third-order valence-electron chi connectivity index (χ3n) is 2.79. The van der Waals surface area contributed by atoms with Crippen molar-refractivity contribution in [2.45, 2.75) is 45.8 Å². The Kier molecular flexibility index (Phi) is 6.16. The Morgan fingerprint density at radius 2 is 2.12 bits per heavy atom. The van der Waals surface area contributed by atoms with Gasteiger partial charge in [0, 0.05) is 24.4 Å². The highest BCUT2D eigenvalue weighted by molar-refractivity contribution is 5.14. The molecule has 0 spiro atoms. The van der Waals surface area contributed by atoms with Gasteiger partial charge in [0.1, 0.15) is 0 Å². The van der Waals surface area contributed by atoms with E-state index in [4.69, 9.17) is 4.74 Å². The molecule has 1 atom stereocenters.